The van der Waals surface area contributed by atoms with Crippen molar-refractivity contribution in [2.45, 2.75) is 25.1 Å². The van der Waals surface area contributed by atoms with Crippen LogP contribution in [-0.2, 0) is 10.9 Å². The average molecular weight is 430 g/mol. The summed E-state index contributed by atoms with van der Waals surface area (Å²) in [6.45, 7) is 6.13. The zero-order valence-electron chi connectivity index (χ0n) is 16.5. The van der Waals surface area contributed by atoms with Crippen LogP contribution in [0.3, 0.4) is 0 Å². The van der Waals surface area contributed by atoms with Gasteiger partial charge in [0.15, 0.2) is 5.01 Å². The molecule has 2 heterocycles. The van der Waals surface area contributed by atoms with E-state index in [1.165, 1.54) is 10.9 Å². The second kappa shape index (κ2) is 9.88. The zero-order chi connectivity index (χ0) is 20.9. The Morgan fingerprint density at radius 3 is 2.76 bits per heavy atom. The number of ether oxygens (including phenoxy) is 2. The molecule has 0 radical (unpaired) electrons. The number of nitrogens with one attached hydrogen (secondary N) is 1. The van der Waals surface area contributed by atoms with E-state index in [2.05, 4.69) is 34.3 Å². The predicted molar refractivity (Wildman–Crippen MR) is 107 cm³/mol. The first-order chi connectivity index (χ1) is 13.9. The highest BCUT2D eigenvalue weighted by molar-refractivity contribution is 7.09. The highest BCUT2D eigenvalue weighted by atomic mass is 32.1. The van der Waals surface area contributed by atoms with Crippen LogP contribution in [0.1, 0.15) is 35.2 Å². The number of benzene rings is 1. The van der Waals surface area contributed by atoms with E-state index in [1.807, 2.05) is 19.2 Å². The number of hydrogen-bond donors (Lipinski definition) is 1. The minimum Gasteiger partial charge on any atom is -0.492 e. The van der Waals surface area contributed by atoms with Crippen molar-refractivity contribution in [1.82, 2.24) is 15.2 Å². The first kappa shape index (κ1) is 22.0. The molecule has 2 aromatic rings. The van der Waals surface area contributed by atoms with Crippen LogP contribution in [0, 0.1) is 0 Å². The summed E-state index contributed by atoms with van der Waals surface area (Å²) in [4.78, 5) is 5.97. The molecular formula is C20H26F3N3O2S. The molecule has 0 aliphatic carbocycles. The molecule has 1 aliphatic heterocycles. The van der Waals surface area contributed by atoms with Crippen molar-refractivity contribution < 1.29 is 22.6 Å². The van der Waals surface area contributed by atoms with Gasteiger partial charge in [0.2, 0.25) is 0 Å². The van der Waals surface area contributed by atoms with Gasteiger partial charge in [-0.1, -0.05) is 19.1 Å². The lowest BCUT2D eigenvalue weighted by atomic mass is 10.00. The number of hydrogen-bond acceptors (Lipinski definition) is 6. The van der Waals surface area contributed by atoms with Crippen molar-refractivity contribution in [3.05, 3.63) is 45.9 Å². The second-order valence-corrected chi connectivity index (χ2v) is 7.97. The van der Waals surface area contributed by atoms with Gasteiger partial charge in [-0.15, -0.1) is 11.3 Å². The topological polar surface area (TPSA) is 46.6 Å². The summed E-state index contributed by atoms with van der Waals surface area (Å²) in [6.07, 6.45) is -4.83. The van der Waals surface area contributed by atoms with Gasteiger partial charge in [-0.05, 0) is 30.7 Å². The quantitative estimate of drug-likeness (QED) is 0.644. The van der Waals surface area contributed by atoms with Gasteiger partial charge in [-0.3, -0.25) is 4.90 Å². The molecule has 1 aromatic heterocycles. The third kappa shape index (κ3) is 6.15. The fourth-order valence-corrected chi connectivity index (χ4v) is 4.00. The highest BCUT2D eigenvalue weighted by Crippen LogP contribution is 2.34. The lowest BCUT2D eigenvalue weighted by molar-refractivity contribution is -0.138. The number of nitrogens with zero attached hydrogens (tertiary/aromatic N) is 2. The summed E-state index contributed by atoms with van der Waals surface area (Å²) < 4.78 is 49.7. The molecule has 9 heteroatoms. The van der Waals surface area contributed by atoms with E-state index in [-0.39, 0.29) is 5.92 Å². The van der Waals surface area contributed by atoms with Crippen LogP contribution < -0.4 is 10.1 Å². The van der Waals surface area contributed by atoms with Gasteiger partial charge >= 0.3 is 6.18 Å². The normalized spacial score (nSPS) is 19.3. The first-order valence-electron chi connectivity index (χ1n) is 9.60. The molecule has 3 rings (SSSR count). The van der Waals surface area contributed by atoms with Crippen molar-refractivity contribution in [2.75, 3.05) is 46.4 Å². The van der Waals surface area contributed by atoms with Crippen LogP contribution in [-0.4, -0.2) is 56.3 Å². The minimum absolute atomic E-state index is 0.279. The molecule has 1 aromatic carbocycles. The Balaban J connectivity index is 1.55. The molecule has 0 amide bonds. The number of morpholine rings is 1. The van der Waals surface area contributed by atoms with Gasteiger partial charge in [-0.2, -0.15) is 13.2 Å². The summed E-state index contributed by atoms with van der Waals surface area (Å²) in [5.41, 5.74) is 1.56. The molecular weight excluding hydrogens is 403 g/mol. The van der Waals surface area contributed by atoms with E-state index in [0.29, 0.717) is 36.8 Å². The summed E-state index contributed by atoms with van der Waals surface area (Å²) in [5, 5.41) is 3.67. The average Bonchev–Trinajstić information content (AvgIpc) is 3.20. The molecule has 2 unspecified atom stereocenters. The Kier molecular flexibility index (Phi) is 7.50. The van der Waals surface area contributed by atoms with E-state index in [0.717, 1.165) is 25.4 Å². The number of thiazole rings is 1. The Morgan fingerprint density at radius 2 is 2.10 bits per heavy atom. The number of halogens is 3. The van der Waals surface area contributed by atoms with Crippen LogP contribution in [0.5, 0.6) is 5.75 Å². The monoisotopic (exact) mass is 429 g/mol. The van der Waals surface area contributed by atoms with Crippen LogP contribution in [0.15, 0.2) is 29.6 Å². The maximum Gasteiger partial charge on any atom is 0.443 e. The molecule has 5 nitrogen and oxygen atoms in total. The zero-order valence-corrected chi connectivity index (χ0v) is 17.4. The number of likely N-dealkylation sites (N-methyl/N-ethyl adjacent to an activating group) is 1. The minimum atomic E-state index is -4.41. The van der Waals surface area contributed by atoms with Gasteiger partial charge in [0, 0.05) is 31.6 Å². The van der Waals surface area contributed by atoms with Gasteiger partial charge < -0.3 is 14.8 Å². The fourth-order valence-electron chi connectivity index (χ4n) is 3.27. The Morgan fingerprint density at radius 1 is 1.34 bits per heavy atom. The van der Waals surface area contributed by atoms with Crippen molar-refractivity contribution in [3.63, 3.8) is 0 Å². The van der Waals surface area contributed by atoms with Gasteiger partial charge in [0.1, 0.15) is 18.5 Å². The van der Waals surface area contributed by atoms with E-state index in [4.69, 9.17) is 9.47 Å². The van der Waals surface area contributed by atoms with E-state index >= 15 is 0 Å². The molecule has 1 fully saturated rings. The number of alkyl halides is 3. The smallest absolute Gasteiger partial charge is 0.443 e. The van der Waals surface area contributed by atoms with Crippen molar-refractivity contribution in [2.24, 2.45) is 0 Å². The van der Waals surface area contributed by atoms with E-state index < -0.39 is 17.3 Å². The van der Waals surface area contributed by atoms with Gasteiger partial charge in [0.05, 0.1) is 12.3 Å². The van der Waals surface area contributed by atoms with Crippen molar-refractivity contribution in [3.8, 4) is 5.75 Å². The maximum absolute atomic E-state index is 12.8. The molecule has 29 heavy (non-hydrogen) atoms. The number of rotatable bonds is 8. The largest absolute Gasteiger partial charge is 0.492 e. The third-order valence-electron chi connectivity index (χ3n) is 4.85. The predicted octanol–water partition coefficient (Wildman–Crippen LogP) is 3.94. The van der Waals surface area contributed by atoms with Crippen LogP contribution >= 0.6 is 11.3 Å². The molecule has 0 saturated carbocycles. The van der Waals surface area contributed by atoms with E-state index in [1.54, 1.807) is 0 Å². The Hall–Kier alpha value is -1.68. The van der Waals surface area contributed by atoms with Crippen LogP contribution in [0.4, 0.5) is 13.2 Å². The first-order valence-corrected chi connectivity index (χ1v) is 10.5. The SMILES string of the molecule is CNCCOc1ccc(C(C)CN2CCOC(c3csc(C(F)(F)F)n3)C2)cc1. The van der Waals surface area contributed by atoms with Crippen LogP contribution in [0.2, 0.25) is 0 Å². The fraction of sp³-hybridized carbons (Fsp3) is 0.550. The lowest BCUT2D eigenvalue weighted by Gasteiger charge is -2.34. The Bertz CT molecular complexity index is 767. The Labute approximate surface area is 172 Å². The summed E-state index contributed by atoms with van der Waals surface area (Å²) in [6, 6.07) is 8.07. The molecule has 0 spiro atoms. The molecule has 1 saturated heterocycles. The second-order valence-electron chi connectivity index (χ2n) is 7.12. The summed E-state index contributed by atoms with van der Waals surface area (Å²) in [7, 11) is 1.88. The van der Waals surface area contributed by atoms with E-state index in [9.17, 15) is 13.2 Å². The lowest BCUT2D eigenvalue weighted by Crippen LogP contribution is -2.40. The van der Waals surface area contributed by atoms with Crippen molar-refractivity contribution in [1.29, 1.82) is 0 Å². The summed E-state index contributed by atoms with van der Waals surface area (Å²) in [5.74, 6) is 1.12. The molecule has 2 atom stereocenters. The molecule has 1 N–H and O–H groups in total. The molecule has 0 bridgehead atoms. The van der Waals surface area contributed by atoms with Gasteiger partial charge in [0.25, 0.3) is 0 Å². The number of aromatic nitrogens is 1. The van der Waals surface area contributed by atoms with Crippen LogP contribution in [0.25, 0.3) is 0 Å². The third-order valence-corrected chi connectivity index (χ3v) is 5.75. The summed E-state index contributed by atoms with van der Waals surface area (Å²) >= 11 is 0.620. The van der Waals surface area contributed by atoms with Crippen molar-refractivity contribution >= 4 is 11.3 Å². The maximum atomic E-state index is 12.8. The standard InChI is InChI=1S/C20H26F3N3O2S/c1-14(15-3-5-16(6-4-15)27-9-7-24-2)11-26-8-10-28-18(12-26)17-13-29-19(25-17)20(21,22)23/h3-6,13-14,18,24H,7-12H2,1-2H3. The molecule has 1 aliphatic rings. The highest BCUT2D eigenvalue weighted by Gasteiger charge is 2.36. The molecule has 160 valence electrons. The van der Waals surface area contributed by atoms with Gasteiger partial charge in [-0.25, -0.2) is 4.98 Å².